The lowest BCUT2D eigenvalue weighted by Gasteiger charge is -2.06. The van der Waals surface area contributed by atoms with Crippen molar-refractivity contribution in [3.8, 4) is 0 Å². The van der Waals surface area contributed by atoms with Gasteiger partial charge in [-0.2, -0.15) is 0 Å². The lowest BCUT2D eigenvalue weighted by molar-refractivity contribution is 0.628. The van der Waals surface area contributed by atoms with Crippen molar-refractivity contribution in [2.45, 2.75) is 0 Å². The Hall–Kier alpha value is -2.02. The maximum absolute atomic E-state index is 12.8. The van der Waals surface area contributed by atoms with Crippen molar-refractivity contribution in [1.82, 2.24) is 19.9 Å². The normalized spacial score (nSPS) is 10.8. The number of hydrogen-bond acceptors (Lipinski definition) is 4. The molecule has 18 heavy (non-hydrogen) atoms. The predicted octanol–water partition coefficient (Wildman–Crippen LogP) is 3.00. The standard InChI is InChI=1S/C11H7BrFN5/c12-11-17-9-8(14-5-15-9)10(18-11)16-7-3-1-6(13)2-4-7/h1-5H,(H2,14,15,16,17,18). The summed E-state index contributed by atoms with van der Waals surface area (Å²) in [6.07, 6.45) is 1.54. The fourth-order valence-electron chi connectivity index (χ4n) is 1.57. The molecular weight excluding hydrogens is 301 g/mol. The van der Waals surface area contributed by atoms with Gasteiger partial charge in [0, 0.05) is 5.69 Å². The number of aromatic nitrogens is 4. The topological polar surface area (TPSA) is 66.5 Å². The van der Waals surface area contributed by atoms with Crippen molar-refractivity contribution in [1.29, 1.82) is 0 Å². The van der Waals surface area contributed by atoms with Crippen molar-refractivity contribution in [2.24, 2.45) is 0 Å². The number of fused-ring (bicyclic) bond motifs is 1. The maximum atomic E-state index is 12.8. The van der Waals surface area contributed by atoms with E-state index in [1.807, 2.05) is 0 Å². The zero-order valence-electron chi connectivity index (χ0n) is 8.98. The van der Waals surface area contributed by atoms with Crippen LogP contribution in [0.15, 0.2) is 35.3 Å². The number of hydrogen-bond donors (Lipinski definition) is 2. The van der Waals surface area contributed by atoms with Gasteiger partial charge in [-0.05, 0) is 40.2 Å². The molecule has 3 rings (SSSR count). The van der Waals surface area contributed by atoms with Crippen LogP contribution in [-0.4, -0.2) is 19.9 Å². The van der Waals surface area contributed by atoms with Crippen LogP contribution in [0.1, 0.15) is 0 Å². The molecule has 0 saturated carbocycles. The van der Waals surface area contributed by atoms with E-state index in [4.69, 9.17) is 0 Å². The van der Waals surface area contributed by atoms with E-state index in [2.05, 4.69) is 41.2 Å². The van der Waals surface area contributed by atoms with Crippen LogP contribution in [0.4, 0.5) is 15.9 Å². The molecule has 0 radical (unpaired) electrons. The summed E-state index contributed by atoms with van der Waals surface area (Å²) < 4.78 is 13.3. The average Bonchev–Trinajstić information content (AvgIpc) is 2.80. The Morgan fingerprint density at radius 2 is 1.94 bits per heavy atom. The largest absolute Gasteiger partial charge is 0.340 e. The molecule has 2 N–H and O–H groups in total. The van der Waals surface area contributed by atoms with Crippen LogP contribution in [0.3, 0.4) is 0 Å². The van der Waals surface area contributed by atoms with E-state index in [-0.39, 0.29) is 5.82 Å². The minimum absolute atomic E-state index is 0.281. The lowest BCUT2D eigenvalue weighted by Crippen LogP contribution is -1.97. The first-order valence-corrected chi connectivity index (χ1v) is 5.91. The Kier molecular flexibility index (Phi) is 2.67. The van der Waals surface area contributed by atoms with Crippen LogP contribution < -0.4 is 5.32 Å². The molecule has 7 heteroatoms. The van der Waals surface area contributed by atoms with Crippen molar-refractivity contribution in [3.05, 3.63) is 41.1 Å². The predicted molar refractivity (Wildman–Crippen MR) is 69.1 cm³/mol. The van der Waals surface area contributed by atoms with Gasteiger partial charge in [-0.1, -0.05) is 0 Å². The molecule has 2 heterocycles. The molecule has 1 aromatic carbocycles. The van der Waals surface area contributed by atoms with Gasteiger partial charge in [-0.25, -0.2) is 19.3 Å². The highest BCUT2D eigenvalue weighted by Crippen LogP contribution is 2.22. The van der Waals surface area contributed by atoms with Gasteiger partial charge < -0.3 is 10.3 Å². The number of rotatable bonds is 2. The number of H-pyrrole nitrogens is 1. The van der Waals surface area contributed by atoms with Gasteiger partial charge in [-0.15, -0.1) is 0 Å². The Labute approximate surface area is 110 Å². The average molecular weight is 308 g/mol. The number of nitrogens with zero attached hydrogens (tertiary/aromatic N) is 3. The van der Waals surface area contributed by atoms with Crippen LogP contribution in [-0.2, 0) is 0 Å². The lowest BCUT2D eigenvalue weighted by atomic mass is 10.3. The highest BCUT2D eigenvalue weighted by atomic mass is 79.9. The molecule has 0 saturated heterocycles. The summed E-state index contributed by atoms with van der Waals surface area (Å²) in [5, 5.41) is 3.08. The third-order valence-corrected chi connectivity index (χ3v) is 2.72. The molecule has 0 bridgehead atoms. The number of benzene rings is 1. The van der Waals surface area contributed by atoms with Crippen molar-refractivity contribution < 1.29 is 4.39 Å². The van der Waals surface area contributed by atoms with E-state index < -0.39 is 0 Å². The van der Waals surface area contributed by atoms with E-state index in [0.29, 0.717) is 21.7 Å². The summed E-state index contributed by atoms with van der Waals surface area (Å²) in [6.45, 7) is 0. The molecule has 5 nitrogen and oxygen atoms in total. The number of anilines is 2. The van der Waals surface area contributed by atoms with Crippen molar-refractivity contribution >= 4 is 38.6 Å². The first kappa shape index (κ1) is 11.1. The quantitative estimate of drug-likeness (QED) is 0.714. The molecule has 0 aliphatic rings. The first-order chi connectivity index (χ1) is 8.72. The third-order valence-electron chi connectivity index (χ3n) is 2.37. The molecule has 0 atom stereocenters. The molecular formula is C11H7BrFN5. The molecule has 0 aliphatic carbocycles. The summed E-state index contributed by atoms with van der Waals surface area (Å²) in [6, 6.07) is 6.02. The van der Waals surface area contributed by atoms with Crippen LogP contribution in [0.2, 0.25) is 0 Å². The first-order valence-electron chi connectivity index (χ1n) is 5.11. The van der Waals surface area contributed by atoms with E-state index in [1.165, 1.54) is 12.1 Å². The summed E-state index contributed by atoms with van der Waals surface area (Å²) in [7, 11) is 0. The molecule has 0 aliphatic heterocycles. The minimum Gasteiger partial charge on any atom is -0.340 e. The summed E-state index contributed by atoms with van der Waals surface area (Å²) in [5.41, 5.74) is 1.99. The Bertz CT molecular complexity index is 694. The number of imidazole rings is 1. The molecule has 0 amide bonds. The smallest absolute Gasteiger partial charge is 0.200 e. The summed E-state index contributed by atoms with van der Waals surface area (Å²) in [5.74, 6) is 0.298. The molecule has 0 spiro atoms. The highest BCUT2D eigenvalue weighted by molar-refractivity contribution is 9.10. The second kappa shape index (κ2) is 4.34. The van der Waals surface area contributed by atoms with Crippen LogP contribution >= 0.6 is 15.9 Å². The summed E-state index contributed by atoms with van der Waals surface area (Å²) >= 11 is 3.22. The second-order valence-electron chi connectivity index (χ2n) is 3.57. The van der Waals surface area contributed by atoms with Crippen molar-refractivity contribution in [3.63, 3.8) is 0 Å². The van der Waals surface area contributed by atoms with Gasteiger partial charge in [0.1, 0.15) is 11.3 Å². The molecule has 3 aromatic rings. The number of aromatic amines is 1. The minimum atomic E-state index is -0.281. The van der Waals surface area contributed by atoms with E-state index in [0.717, 1.165) is 5.69 Å². The van der Waals surface area contributed by atoms with Gasteiger partial charge in [0.2, 0.25) is 4.73 Å². The van der Waals surface area contributed by atoms with Gasteiger partial charge in [-0.3, -0.25) is 0 Å². The number of nitrogens with one attached hydrogen (secondary N) is 2. The molecule has 90 valence electrons. The third kappa shape index (κ3) is 2.04. The van der Waals surface area contributed by atoms with Crippen molar-refractivity contribution in [2.75, 3.05) is 5.32 Å². The van der Waals surface area contributed by atoms with E-state index in [1.54, 1.807) is 18.5 Å². The van der Waals surface area contributed by atoms with E-state index in [9.17, 15) is 4.39 Å². The van der Waals surface area contributed by atoms with Crippen LogP contribution in [0.5, 0.6) is 0 Å². The Morgan fingerprint density at radius 1 is 1.17 bits per heavy atom. The monoisotopic (exact) mass is 307 g/mol. The van der Waals surface area contributed by atoms with Crippen LogP contribution in [0, 0.1) is 5.82 Å². The summed E-state index contributed by atoms with van der Waals surface area (Å²) in [4.78, 5) is 15.3. The van der Waals surface area contributed by atoms with E-state index >= 15 is 0 Å². The zero-order chi connectivity index (χ0) is 12.5. The van der Waals surface area contributed by atoms with Crippen LogP contribution in [0.25, 0.3) is 11.2 Å². The molecule has 0 unspecified atom stereocenters. The van der Waals surface area contributed by atoms with Gasteiger partial charge in [0.05, 0.1) is 6.33 Å². The zero-order valence-corrected chi connectivity index (χ0v) is 10.6. The second-order valence-corrected chi connectivity index (χ2v) is 4.28. The maximum Gasteiger partial charge on any atom is 0.200 e. The fraction of sp³-hybridized carbons (Fsp3) is 0. The van der Waals surface area contributed by atoms with Gasteiger partial charge in [0.15, 0.2) is 11.5 Å². The molecule has 0 fully saturated rings. The molecule has 2 aromatic heterocycles. The Balaban J connectivity index is 2.03. The fourth-order valence-corrected chi connectivity index (χ4v) is 1.91. The van der Waals surface area contributed by atoms with Gasteiger partial charge >= 0.3 is 0 Å². The Morgan fingerprint density at radius 3 is 2.72 bits per heavy atom. The highest BCUT2D eigenvalue weighted by Gasteiger charge is 2.08. The SMILES string of the molecule is Fc1ccc(Nc2nc(Br)nc3nc[nH]c23)cc1. The number of halogens is 2. The van der Waals surface area contributed by atoms with Gasteiger partial charge in [0.25, 0.3) is 0 Å².